The average molecular weight is 228 g/mol. The van der Waals surface area contributed by atoms with Gasteiger partial charge in [-0.05, 0) is 53.2 Å². The highest BCUT2D eigenvalue weighted by Gasteiger charge is 2.34. The summed E-state index contributed by atoms with van der Waals surface area (Å²) in [5.74, 6) is 0.731. The van der Waals surface area contributed by atoms with Crippen molar-refractivity contribution in [2.45, 2.75) is 65.5 Å². The number of nitrogens with one attached hydrogen (secondary N) is 1. The summed E-state index contributed by atoms with van der Waals surface area (Å²) in [7, 11) is 4.36. The van der Waals surface area contributed by atoms with Crippen molar-refractivity contribution < 1.29 is 0 Å². The number of hydrogen-bond acceptors (Lipinski definition) is 2. The summed E-state index contributed by atoms with van der Waals surface area (Å²) < 4.78 is 0. The molecule has 0 aliphatic heterocycles. The monoisotopic (exact) mass is 228 g/mol. The maximum Gasteiger partial charge on any atom is 0.0302 e. The molecule has 0 radical (unpaired) electrons. The molecule has 16 heavy (non-hydrogen) atoms. The molecule has 1 N–H and O–H groups in total. The molecule has 2 atom stereocenters. The number of hydrogen-bond donors (Lipinski definition) is 1. The normalized spacial score (nSPS) is 16.5. The number of rotatable bonds is 8. The van der Waals surface area contributed by atoms with Gasteiger partial charge in [-0.2, -0.15) is 0 Å². The lowest BCUT2D eigenvalue weighted by atomic mass is 9.82. The predicted molar refractivity (Wildman–Crippen MR) is 73.9 cm³/mol. The van der Waals surface area contributed by atoms with E-state index in [2.05, 4.69) is 58.9 Å². The van der Waals surface area contributed by atoms with E-state index >= 15 is 0 Å². The van der Waals surface area contributed by atoms with E-state index in [0.717, 1.165) is 12.5 Å². The second kappa shape index (κ2) is 7.29. The van der Waals surface area contributed by atoms with E-state index < -0.39 is 0 Å². The van der Waals surface area contributed by atoms with E-state index in [1.165, 1.54) is 19.3 Å². The molecule has 0 amide bonds. The zero-order valence-corrected chi connectivity index (χ0v) is 12.4. The SMILES string of the molecule is CCCNC(C(C)CCC)C(C)(C)N(C)C. The fourth-order valence-corrected chi connectivity index (χ4v) is 2.35. The summed E-state index contributed by atoms with van der Waals surface area (Å²) in [5.41, 5.74) is 0.212. The van der Waals surface area contributed by atoms with Crippen molar-refractivity contribution in [2.75, 3.05) is 20.6 Å². The van der Waals surface area contributed by atoms with Crippen LogP contribution in [-0.2, 0) is 0 Å². The van der Waals surface area contributed by atoms with Crippen molar-refractivity contribution in [3.8, 4) is 0 Å². The van der Waals surface area contributed by atoms with Gasteiger partial charge < -0.3 is 10.2 Å². The largest absolute Gasteiger partial charge is 0.312 e. The van der Waals surface area contributed by atoms with Crippen molar-refractivity contribution in [3.05, 3.63) is 0 Å². The molecule has 0 aliphatic rings. The lowest BCUT2D eigenvalue weighted by molar-refractivity contribution is 0.103. The molecule has 0 aliphatic carbocycles. The highest BCUT2D eigenvalue weighted by Crippen LogP contribution is 2.24. The highest BCUT2D eigenvalue weighted by atomic mass is 15.2. The molecule has 2 nitrogen and oxygen atoms in total. The number of nitrogens with zero attached hydrogens (tertiary/aromatic N) is 1. The van der Waals surface area contributed by atoms with E-state index in [0.29, 0.717) is 6.04 Å². The van der Waals surface area contributed by atoms with E-state index in [4.69, 9.17) is 0 Å². The van der Waals surface area contributed by atoms with Crippen LogP contribution in [-0.4, -0.2) is 37.1 Å². The minimum absolute atomic E-state index is 0.212. The average Bonchev–Trinajstić information content (AvgIpc) is 2.18. The van der Waals surface area contributed by atoms with Crippen molar-refractivity contribution in [3.63, 3.8) is 0 Å². The zero-order valence-electron chi connectivity index (χ0n) is 12.4. The molecule has 0 spiro atoms. The molecule has 98 valence electrons. The Bertz CT molecular complexity index is 176. The van der Waals surface area contributed by atoms with Crippen LogP contribution in [0.25, 0.3) is 0 Å². The fourth-order valence-electron chi connectivity index (χ4n) is 2.35. The fraction of sp³-hybridized carbons (Fsp3) is 1.00. The first kappa shape index (κ1) is 15.9. The molecule has 0 fully saturated rings. The Morgan fingerprint density at radius 3 is 2.06 bits per heavy atom. The van der Waals surface area contributed by atoms with Crippen LogP contribution in [0.5, 0.6) is 0 Å². The first-order chi connectivity index (χ1) is 7.37. The third kappa shape index (κ3) is 4.42. The van der Waals surface area contributed by atoms with E-state index in [9.17, 15) is 0 Å². The van der Waals surface area contributed by atoms with Gasteiger partial charge in [0.15, 0.2) is 0 Å². The van der Waals surface area contributed by atoms with Crippen molar-refractivity contribution in [2.24, 2.45) is 5.92 Å². The Morgan fingerprint density at radius 2 is 1.69 bits per heavy atom. The van der Waals surface area contributed by atoms with Gasteiger partial charge in [0.2, 0.25) is 0 Å². The van der Waals surface area contributed by atoms with Crippen LogP contribution in [0.4, 0.5) is 0 Å². The maximum absolute atomic E-state index is 3.73. The first-order valence-corrected chi connectivity index (χ1v) is 6.78. The first-order valence-electron chi connectivity index (χ1n) is 6.78. The van der Waals surface area contributed by atoms with Gasteiger partial charge in [0.05, 0.1) is 0 Å². The van der Waals surface area contributed by atoms with Gasteiger partial charge >= 0.3 is 0 Å². The van der Waals surface area contributed by atoms with E-state index in [-0.39, 0.29) is 5.54 Å². The van der Waals surface area contributed by atoms with Gasteiger partial charge in [-0.15, -0.1) is 0 Å². The minimum Gasteiger partial charge on any atom is -0.312 e. The van der Waals surface area contributed by atoms with Crippen LogP contribution in [0.15, 0.2) is 0 Å². The van der Waals surface area contributed by atoms with Crippen molar-refractivity contribution in [1.82, 2.24) is 10.2 Å². The summed E-state index contributed by atoms with van der Waals surface area (Å²) in [4.78, 5) is 2.34. The zero-order chi connectivity index (χ0) is 12.8. The van der Waals surface area contributed by atoms with Crippen LogP contribution in [0.3, 0.4) is 0 Å². The molecular weight excluding hydrogens is 196 g/mol. The van der Waals surface area contributed by atoms with Crippen LogP contribution >= 0.6 is 0 Å². The smallest absolute Gasteiger partial charge is 0.0302 e. The second-order valence-corrected chi connectivity index (χ2v) is 5.75. The van der Waals surface area contributed by atoms with Crippen LogP contribution in [0, 0.1) is 5.92 Å². The quantitative estimate of drug-likeness (QED) is 0.686. The van der Waals surface area contributed by atoms with Gasteiger partial charge in [0, 0.05) is 11.6 Å². The standard InChI is InChI=1S/C14H32N2/c1-8-10-12(3)13(15-11-9-2)14(4,5)16(6)7/h12-13,15H,8-11H2,1-7H3. The summed E-state index contributed by atoms with van der Waals surface area (Å²) in [6, 6.07) is 0.572. The summed E-state index contributed by atoms with van der Waals surface area (Å²) >= 11 is 0. The Kier molecular flexibility index (Phi) is 7.25. The lowest BCUT2D eigenvalue weighted by Gasteiger charge is -2.44. The highest BCUT2D eigenvalue weighted by molar-refractivity contribution is 4.94. The van der Waals surface area contributed by atoms with E-state index in [1.807, 2.05) is 0 Å². The van der Waals surface area contributed by atoms with Crippen molar-refractivity contribution >= 4 is 0 Å². The molecule has 0 bridgehead atoms. The van der Waals surface area contributed by atoms with Gasteiger partial charge in [0.1, 0.15) is 0 Å². The molecule has 0 saturated carbocycles. The van der Waals surface area contributed by atoms with Crippen LogP contribution in [0.1, 0.15) is 53.9 Å². The van der Waals surface area contributed by atoms with Crippen molar-refractivity contribution in [1.29, 1.82) is 0 Å². The molecule has 0 heterocycles. The molecule has 2 heteroatoms. The van der Waals surface area contributed by atoms with E-state index in [1.54, 1.807) is 0 Å². The maximum atomic E-state index is 3.73. The third-order valence-corrected chi connectivity index (χ3v) is 3.84. The topological polar surface area (TPSA) is 15.3 Å². The molecule has 0 saturated heterocycles. The Hall–Kier alpha value is -0.0800. The van der Waals surface area contributed by atoms with Gasteiger partial charge in [0.25, 0.3) is 0 Å². The lowest BCUT2D eigenvalue weighted by Crippen LogP contribution is -2.58. The Labute approximate surface area is 103 Å². The summed E-state index contributed by atoms with van der Waals surface area (Å²) in [6.45, 7) is 12.7. The van der Waals surface area contributed by atoms with Crippen LogP contribution < -0.4 is 5.32 Å². The summed E-state index contributed by atoms with van der Waals surface area (Å²) in [5, 5.41) is 3.73. The molecule has 2 unspecified atom stereocenters. The summed E-state index contributed by atoms with van der Waals surface area (Å²) in [6.07, 6.45) is 3.78. The molecule has 0 aromatic carbocycles. The predicted octanol–water partition coefficient (Wildman–Crippen LogP) is 3.13. The van der Waals surface area contributed by atoms with Gasteiger partial charge in [-0.1, -0.05) is 27.2 Å². The number of likely N-dealkylation sites (N-methyl/N-ethyl adjacent to an activating group) is 1. The molecule has 0 aromatic heterocycles. The van der Waals surface area contributed by atoms with Crippen LogP contribution in [0.2, 0.25) is 0 Å². The van der Waals surface area contributed by atoms with Gasteiger partial charge in [-0.25, -0.2) is 0 Å². The Morgan fingerprint density at radius 1 is 1.12 bits per heavy atom. The third-order valence-electron chi connectivity index (χ3n) is 3.84. The molecule has 0 rings (SSSR count). The van der Waals surface area contributed by atoms with Gasteiger partial charge in [-0.3, -0.25) is 0 Å². The molecule has 0 aromatic rings. The minimum atomic E-state index is 0.212. The Balaban J connectivity index is 4.63. The second-order valence-electron chi connectivity index (χ2n) is 5.75. The molecular formula is C14H32N2.